The van der Waals surface area contributed by atoms with Crippen LogP contribution in [-0.4, -0.2) is 62.4 Å². The highest BCUT2D eigenvalue weighted by Crippen LogP contribution is 2.13. The lowest BCUT2D eigenvalue weighted by atomic mass is 10.1. The van der Waals surface area contributed by atoms with Crippen molar-refractivity contribution in [3.05, 3.63) is 30.1 Å². The molecule has 2 N–H and O–H groups in total. The highest BCUT2D eigenvalue weighted by atomic mass is 127. The van der Waals surface area contributed by atoms with E-state index in [2.05, 4.69) is 15.6 Å². The molecular weight excluding hydrogens is 478 g/mol. The van der Waals surface area contributed by atoms with Gasteiger partial charge >= 0.3 is 6.09 Å². The number of guanidine groups is 1. The van der Waals surface area contributed by atoms with Crippen LogP contribution in [0, 0.1) is 5.82 Å². The van der Waals surface area contributed by atoms with Crippen molar-refractivity contribution in [3.63, 3.8) is 0 Å². The molecule has 7 nitrogen and oxygen atoms in total. The summed E-state index contributed by atoms with van der Waals surface area (Å²) in [4.78, 5) is 17.8. The topological polar surface area (TPSA) is 75.2 Å². The standard InChI is InChI=1S/C19H29FN4O3.HI/c1-4-21-18(23-16-9-11-24(12-10-16)19(25)26-3)22-13-14(2)27-17-7-5-15(20)6-8-17;/h5-8,14,16H,4,9-13H2,1-3H3,(H2,21,22,23);1H. The molecule has 1 atom stereocenters. The van der Waals surface area contributed by atoms with Crippen LogP contribution in [0.3, 0.4) is 0 Å². The minimum Gasteiger partial charge on any atom is -0.489 e. The number of ether oxygens (including phenoxy) is 2. The van der Waals surface area contributed by atoms with Crippen LogP contribution in [0.1, 0.15) is 26.7 Å². The first-order valence-electron chi connectivity index (χ1n) is 9.31. The molecule has 1 unspecified atom stereocenters. The van der Waals surface area contributed by atoms with Gasteiger partial charge in [0.25, 0.3) is 0 Å². The van der Waals surface area contributed by atoms with Crippen LogP contribution < -0.4 is 15.4 Å². The fraction of sp³-hybridized carbons (Fsp3) is 0.579. The predicted octanol–water partition coefficient (Wildman–Crippen LogP) is 3.00. The Bertz CT molecular complexity index is 622. The summed E-state index contributed by atoms with van der Waals surface area (Å²) in [6, 6.07) is 6.20. The summed E-state index contributed by atoms with van der Waals surface area (Å²) < 4.78 is 23.5. The molecule has 1 aromatic rings. The van der Waals surface area contributed by atoms with Gasteiger partial charge in [-0.1, -0.05) is 0 Å². The van der Waals surface area contributed by atoms with Crippen molar-refractivity contribution < 1.29 is 18.7 Å². The highest BCUT2D eigenvalue weighted by Gasteiger charge is 2.23. The van der Waals surface area contributed by atoms with Gasteiger partial charge in [-0.05, 0) is 51.0 Å². The zero-order valence-electron chi connectivity index (χ0n) is 16.6. The van der Waals surface area contributed by atoms with E-state index in [1.54, 1.807) is 17.0 Å². The molecule has 158 valence electrons. The van der Waals surface area contributed by atoms with E-state index in [4.69, 9.17) is 9.47 Å². The highest BCUT2D eigenvalue weighted by molar-refractivity contribution is 14.0. The summed E-state index contributed by atoms with van der Waals surface area (Å²) in [5.41, 5.74) is 0. The summed E-state index contributed by atoms with van der Waals surface area (Å²) in [5, 5.41) is 6.65. The van der Waals surface area contributed by atoms with Gasteiger partial charge < -0.3 is 25.0 Å². The van der Waals surface area contributed by atoms with Gasteiger partial charge in [-0.3, -0.25) is 0 Å². The number of rotatable bonds is 6. The number of halogens is 2. The van der Waals surface area contributed by atoms with E-state index in [0.29, 0.717) is 25.4 Å². The summed E-state index contributed by atoms with van der Waals surface area (Å²) in [5.74, 6) is 1.06. The Hall–Kier alpha value is -1.78. The monoisotopic (exact) mass is 508 g/mol. The predicted molar refractivity (Wildman–Crippen MR) is 118 cm³/mol. The number of benzene rings is 1. The molecule has 0 radical (unpaired) electrons. The van der Waals surface area contributed by atoms with E-state index in [9.17, 15) is 9.18 Å². The van der Waals surface area contributed by atoms with Crippen LogP contribution >= 0.6 is 24.0 Å². The summed E-state index contributed by atoms with van der Waals surface area (Å²) >= 11 is 0. The zero-order chi connectivity index (χ0) is 19.6. The first-order valence-corrected chi connectivity index (χ1v) is 9.31. The van der Waals surface area contributed by atoms with Crippen molar-refractivity contribution in [1.29, 1.82) is 0 Å². The Morgan fingerprint density at radius 2 is 1.96 bits per heavy atom. The first-order chi connectivity index (χ1) is 13.0. The number of nitrogens with zero attached hydrogens (tertiary/aromatic N) is 2. The van der Waals surface area contributed by atoms with Crippen LogP contribution in [0.4, 0.5) is 9.18 Å². The van der Waals surface area contributed by atoms with Crippen LogP contribution in [0.2, 0.25) is 0 Å². The van der Waals surface area contributed by atoms with Crippen molar-refractivity contribution in [2.24, 2.45) is 4.99 Å². The molecular formula is C19H30FIN4O3. The number of amides is 1. The van der Waals surface area contributed by atoms with E-state index in [1.165, 1.54) is 19.2 Å². The molecule has 1 aliphatic rings. The molecule has 9 heteroatoms. The van der Waals surface area contributed by atoms with E-state index in [0.717, 1.165) is 25.3 Å². The number of carbonyl (C=O) groups is 1. The summed E-state index contributed by atoms with van der Waals surface area (Å²) in [6.45, 7) is 6.47. The van der Waals surface area contributed by atoms with Crippen molar-refractivity contribution in [1.82, 2.24) is 15.5 Å². The lowest BCUT2D eigenvalue weighted by molar-refractivity contribution is 0.111. The normalized spacial score (nSPS) is 16.0. The van der Waals surface area contributed by atoms with Crippen LogP contribution in [0.15, 0.2) is 29.3 Å². The molecule has 0 aromatic heterocycles. The second-order valence-electron chi connectivity index (χ2n) is 6.48. The van der Waals surface area contributed by atoms with Gasteiger partial charge in [-0.25, -0.2) is 14.2 Å². The number of likely N-dealkylation sites (tertiary alicyclic amines) is 1. The molecule has 1 heterocycles. The molecule has 0 spiro atoms. The van der Waals surface area contributed by atoms with E-state index in [1.807, 2.05) is 13.8 Å². The summed E-state index contributed by atoms with van der Waals surface area (Å²) in [6.07, 6.45) is 1.25. The average Bonchev–Trinajstić information content (AvgIpc) is 2.68. The molecule has 1 aliphatic heterocycles. The number of hydrogen-bond donors (Lipinski definition) is 2. The van der Waals surface area contributed by atoms with E-state index < -0.39 is 0 Å². The average molecular weight is 508 g/mol. The maximum atomic E-state index is 13.0. The van der Waals surface area contributed by atoms with Gasteiger partial charge in [-0.2, -0.15) is 0 Å². The third-order valence-corrected chi connectivity index (χ3v) is 4.27. The van der Waals surface area contributed by atoms with Gasteiger partial charge in [0.2, 0.25) is 0 Å². The molecule has 1 amide bonds. The van der Waals surface area contributed by atoms with Crippen molar-refractivity contribution in [2.45, 2.75) is 38.8 Å². The molecule has 0 bridgehead atoms. The SMILES string of the molecule is CCNC(=NCC(C)Oc1ccc(F)cc1)NC1CCN(C(=O)OC)CC1.I. The molecule has 0 saturated carbocycles. The number of carbonyl (C=O) groups excluding carboxylic acids is 1. The van der Waals surface area contributed by atoms with Crippen molar-refractivity contribution in [2.75, 3.05) is 33.3 Å². The number of piperidine rings is 1. The second-order valence-corrected chi connectivity index (χ2v) is 6.48. The largest absolute Gasteiger partial charge is 0.489 e. The zero-order valence-corrected chi connectivity index (χ0v) is 18.9. The van der Waals surface area contributed by atoms with Gasteiger partial charge in [0.1, 0.15) is 17.7 Å². The Labute approximate surface area is 183 Å². The lowest BCUT2D eigenvalue weighted by Gasteiger charge is -2.32. The maximum Gasteiger partial charge on any atom is 0.409 e. The van der Waals surface area contributed by atoms with E-state index in [-0.39, 0.29) is 48.0 Å². The van der Waals surface area contributed by atoms with Gasteiger partial charge in [0.15, 0.2) is 5.96 Å². The fourth-order valence-corrected chi connectivity index (χ4v) is 2.85. The molecule has 1 saturated heterocycles. The van der Waals surface area contributed by atoms with Crippen LogP contribution in [0.5, 0.6) is 5.75 Å². The van der Waals surface area contributed by atoms with Gasteiger partial charge in [-0.15, -0.1) is 24.0 Å². The van der Waals surface area contributed by atoms with E-state index >= 15 is 0 Å². The second kappa shape index (κ2) is 12.6. The van der Waals surface area contributed by atoms with Crippen LogP contribution in [0.25, 0.3) is 0 Å². The first kappa shape index (κ1) is 24.3. The lowest BCUT2D eigenvalue weighted by Crippen LogP contribution is -2.50. The Kier molecular flexibility index (Phi) is 10.9. The molecule has 2 rings (SSSR count). The Morgan fingerprint density at radius 3 is 2.54 bits per heavy atom. The third kappa shape index (κ3) is 8.07. The van der Waals surface area contributed by atoms with Gasteiger partial charge in [0.05, 0.1) is 13.7 Å². The molecule has 28 heavy (non-hydrogen) atoms. The maximum absolute atomic E-state index is 13.0. The number of nitrogens with one attached hydrogen (secondary N) is 2. The minimum absolute atomic E-state index is 0. The summed E-state index contributed by atoms with van der Waals surface area (Å²) in [7, 11) is 1.40. The molecule has 0 aliphatic carbocycles. The third-order valence-electron chi connectivity index (χ3n) is 4.27. The van der Waals surface area contributed by atoms with Crippen molar-refractivity contribution >= 4 is 36.0 Å². The minimum atomic E-state index is -0.287. The van der Waals surface area contributed by atoms with Crippen LogP contribution in [-0.2, 0) is 4.74 Å². The quantitative estimate of drug-likeness (QED) is 0.351. The Balaban J connectivity index is 0.00000392. The smallest absolute Gasteiger partial charge is 0.409 e. The number of hydrogen-bond acceptors (Lipinski definition) is 4. The fourth-order valence-electron chi connectivity index (χ4n) is 2.85. The number of methoxy groups -OCH3 is 1. The van der Waals surface area contributed by atoms with Crippen molar-refractivity contribution in [3.8, 4) is 5.75 Å². The Morgan fingerprint density at radius 1 is 1.32 bits per heavy atom. The number of aliphatic imine (C=N–C) groups is 1. The molecule has 1 aromatic carbocycles. The van der Waals surface area contributed by atoms with Gasteiger partial charge in [0, 0.05) is 25.7 Å². The molecule has 1 fully saturated rings.